The fourth-order valence-corrected chi connectivity index (χ4v) is 3.89. The molecule has 5 nitrogen and oxygen atoms in total. The van der Waals surface area contributed by atoms with Gasteiger partial charge in [0.15, 0.2) is 0 Å². The summed E-state index contributed by atoms with van der Waals surface area (Å²) in [6.07, 6.45) is 0. The highest BCUT2D eigenvalue weighted by Crippen LogP contribution is 2.42. The third-order valence-electron chi connectivity index (χ3n) is 3.80. The maximum absolute atomic E-state index is 12.4. The van der Waals surface area contributed by atoms with Gasteiger partial charge in [-0.2, -0.15) is 0 Å². The molecule has 1 N–H and O–H groups in total. The van der Waals surface area contributed by atoms with Crippen LogP contribution in [0.5, 0.6) is 5.75 Å². The smallest absolute Gasteiger partial charge is 0.239 e. The van der Waals surface area contributed by atoms with E-state index in [0.717, 1.165) is 17.0 Å². The molecule has 1 fully saturated rings. The van der Waals surface area contributed by atoms with Crippen LogP contribution < -0.4 is 15.0 Å². The van der Waals surface area contributed by atoms with E-state index in [1.807, 2.05) is 42.5 Å². The molecule has 130 valence electrons. The Labute approximate surface area is 155 Å². The van der Waals surface area contributed by atoms with Gasteiger partial charge < -0.3 is 10.1 Å². The molecular formula is C18H17ClN2O3S. The average Bonchev–Trinajstić information content (AvgIpc) is 3.03. The molecule has 1 atom stereocenters. The summed E-state index contributed by atoms with van der Waals surface area (Å²) < 4.78 is 5.17. The van der Waals surface area contributed by atoms with Crippen molar-refractivity contribution in [1.82, 2.24) is 0 Å². The minimum absolute atomic E-state index is 0.0513. The summed E-state index contributed by atoms with van der Waals surface area (Å²) in [7, 11) is 1.61. The van der Waals surface area contributed by atoms with Crippen LogP contribution in [0, 0.1) is 0 Å². The van der Waals surface area contributed by atoms with E-state index in [2.05, 4.69) is 5.32 Å². The topological polar surface area (TPSA) is 58.6 Å². The van der Waals surface area contributed by atoms with Gasteiger partial charge in [-0.1, -0.05) is 12.1 Å². The zero-order valence-electron chi connectivity index (χ0n) is 13.6. The van der Waals surface area contributed by atoms with Crippen LogP contribution in [-0.2, 0) is 9.59 Å². The lowest BCUT2D eigenvalue weighted by molar-refractivity contribution is -0.116. The number of benzene rings is 2. The van der Waals surface area contributed by atoms with Gasteiger partial charge in [0.2, 0.25) is 11.8 Å². The maximum Gasteiger partial charge on any atom is 0.239 e. The Bertz CT molecular complexity index is 782. The first-order valence-corrected chi connectivity index (χ1v) is 9.24. The zero-order valence-corrected chi connectivity index (χ0v) is 15.1. The molecule has 25 heavy (non-hydrogen) atoms. The second-order valence-corrected chi connectivity index (χ2v) is 6.77. The molecule has 3 rings (SSSR count). The fraction of sp³-hybridized carbons (Fsp3) is 0.222. The number of nitrogens with one attached hydrogen (secondary N) is 1. The Hall–Kier alpha value is -2.18. The van der Waals surface area contributed by atoms with Crippen molar-refractivity contribution in [1.29, 1.82) is 0 Å². The Morgan fingerprint density at radius 2 is 2.08 bits per heavy atom. The number of hydrogen-bond acceptors (Lipinski definition) is 4. The monoisotopic (exact) mass is 376 g/mol. The predicted molar refractivity (Wildman–Crippen MR) is 101 cm³/mol. The molecule has 2 aromatic carbocycles. The number of carbonyl (C=O) groups is 2. The van der Waals surface area contributed by atoms with Crippen LogP contribution in [0.15, 0.2) is 48.5 Å². The molecule has 0 saturated carbocycles. The van der Waals surface area contributed by atoms with Gasteiger partial charge >= 0.3 is 0 Å². The van der Waals surface area contributed by atoms with Crippen molar-refractivity contribution < 1.29 is 14.3 Å². The molecule has 0 aliphatic carbocycles. The van der Waals surface area contributed by atoms with Crippen molar-refractivity contribution in [2.24, 2.45) is 0 Å². The van der Waals surface area contributed by atoms with Crippen LogP contribution in [0.25, 0.3) is 0 Å². The van der Waals surface area contributed by atoms with E-state index in [9.17, 15) is 9.59 Å². The molecule has 1 heterocycles. The average molecular weight is 377 g/mol. The molecule has 0 spiro atoms. The van der Waals surface area contributed by atoms with Crippen molar-refractivity contribution in [3.63, 3.8) is 0 Å². The Balaban J connectivity index is 1.88. The van der Waals surface area contributed by atoms with E-state index in [-0.39, 0.29) is 23.1 Å². The lowest BCUT2D eigenvalue weighted by Crippen LogP contribution is -2.27. The summed E-state index contributed by atoms with van der Waals surface area (Å²) >= 11 is 7.09. The number of alkyl halides is 1. The van der Waals surface area contributed by atoms with E-state index < -0.39 is 0 Å². The quantitative estimate of drug-likeness (QED) is 0.809. The van der Waals surface area contributed by atoms with Gasteiger partial charge in [0.25, 0.3) is 0 Å². The number of amides is 2. The van der Waals surface area contributed by atoms with Gasteiger partial charge in [-0.15, -0.1) is 23.4 Å². The van der Waals surface area contributed by atoms with Gasteiger partial charge in [-0.25, -0.2) is 0 Å². The van der Waals surface area contributed by atoms with Crippen LogP contribution >= 0.6 is 23.4 Å². The number of thioether (sulfide) groups is 1. The van der Waals surface area contributed by atoms with Crippen LogP contribution in [0.2, 0.25) is 0 Å². The second kappa shape index (κ2) is 7.80. The summed E-state index contributed by atoms with van der Waals surface area (Å²) in [6.45, 7) is 0. The molecule has 0 unspecified atom stereocenters. The SMILES string of the molecule is COc1ccc(N2C(=O)CS[C@@H]2c2cccc(NC(=O)CCl)c2)cc1. The minimum atomic E-state index is -0.263. The molecule has 2 aromatic rings. The van der Waals surface area contributed by atoms with Crippen molar-refractivity contribution in [3.05, 3.63) is 54.1 Å². The highest BCUT2D eigenvalue weighted by atomic mass is 35.5. The highest BCUT2D eigenvalue weighted by molar-refractivity contribution is 8.00. The maximum atomic E-state index is 12.4. The molecule has 1 aliphatic heterocycles. The number of carbonyl (C=O) groups excluding carboxylic acids is 2. The number of hydrogen-bond donors (Lipinski definition) is 1. The van der Waals surface area contributed by atoms with Gasteiger partial charge in [0.1, 0.15) is 17.0 Å². The minimum Gasteiger partial charge on any atom is -0.497 e. The molecular weight excluding hydrogens is 360 g/mol. The van der Waals surface area contributed by atoms with E-state index in [1.165, 1.54) is 0 Å². The summed E-state index contributed by atoms with van der Waals surface area (Å²) in [5, 5.41) is 2.59. The van der Waals surface area contributed by atoms with Gasteiger partial charge in [-0.05, 0) is 42.0 Å². The number of methoxy groups -OCH3 is 1. The highest BCUT2D eigenvalue weighted by Gasteiger charge is 2.34. The summed E-state index contributed by atoms with van der Waals surface area (Å²) in [6, 6.07) is 14.9. The van der Waals surface area contributed by atoms with Crippen molar-refractivity contribution in [2.45, 2.75) is 5.37 Å². The van der Waals surface area contributed by atoms with Crippen LogP contribution in [0.4, 0.5) is 11.4 Å². The van der Waals surface area contributed by atoms with Crippen molar-refractivity contribution >= 4 is 46.6 Å². The Morgan fingerprint density at radius 1 is 1.32 bits per heavy atom. The van der Waals surface area contributed by atoms with Gasteiger partial charge in [0, 0.05) is 11.4 Å². The number of halogens is 1. The van der Waals surface area contributed by atoms with Gasteiger partial charge in [0.05, 0.1) is 12.9 Å². The largest absolute Gasteiger partial charge is 0.497 e. The van der Waals surface area contributed by atoms with E-state index >= 15 is 0 Å². The molecule has 7 heteroatoms. The van der Waals surface area contributed by atoms with E-state index in [0.29, 0.717) is 11.4 Å². The fourth-order valence-electron chi connectivity index (χ4n) is 2.66. The molecule has 0 radical (unpaired) electrons. The van der Waals surface area contributed by atoms with Crippen LogP contribution in [-0.4, -0.2) is 30.6 Å². The van der Waals surface area contributed by atoms with Gasteiger partial charge in [-0.3, -0.25) is 14.5 Å². The lowest BCUT2D eigenvalue weighted by atomic mass is 10.1. The van der Waals surface area contributed by atoms with E-state index in [1.54, 1.807) is 29.8 Å². The van der Waals surface area contributed by atoms with E-state index in [4.69, 9.17) is 16.3 Å². The van der Waals surface area contributed by atoms with Crippen molar-refractivity contribution in [3.8, 4) is 5.75 Å². The number of nitrogens with zero attached hydrogens (tertiary/aromatic N) is 1. The summed E-state index contributed by atoms with van der Waals surface area (Å²) in [5.74, 6) is 0.843. The molecule has 2 amide bonds. The van der Waals surface area contributed by atoms with Crippen LogP contribution in [0.3, 0.4) is 0 Å². The first kappa shape index (κ1) is 17.6. The summed E-state index contributed by atoms with van der Waals surface area (Å²) in [4.78, 5) is 25.7. The third kappa shape index (κ3) is 3.91. The number of anilines is 2. The standard InChI is InChI=1S/C18H17ClN2O3S/c1-24-15-7-5-14(6-8-15)21-17(23)11-25-18(21)12-3-2-4-13(9-12)20-16(22)10-19/h2-9,18H,10-11H2,1H3,(H,20,22)/t18-/m1/s1. The molecule has 1 aliphatic rings. The second-order valence-electron chi connectivity index (χ2n) is 5.43. The number of ether oxygens (including phenoxy) is 1. The molecule has 1 saturated heterocycles. The van der Waals surface area contributed by atoms with Crippen molar-refractivity contribution in [2.75, 3.05) is 29.0 Å². The Morgan fingerprint density at radius 3 is 2.76 bits per heavy atom. The molecule has 0 aromatic heterocycles. The summed E-state index contributed by atoms with van der Waals surface area (Å²) in [5.41, 5.74) is 2.42. The first-order chi connectivity index (χ1) is 12.1. The zero-order chi connectivity index (χ0) is 17.8. The Kier molecular flexibility index (Phi) is 5.50. The number of rotatable bonds is 5. The normalized spacial score (nSPS) is 16.8. The first-order valence-electron chi connectivity index (χ1n) is 7.66. The third-order valence-corrected chi connectivity index (χ3v) is 5.25. The molecule has 0 bridgehead atoms. The van der Waals surface area contributed by atoms with Crippen LogP contribution in [0.1, 0.15) is 10.9 Å². The predicted octanol–water partition coefficient (Wildman–Crippen LogP) is 3.65. The lowest BCUT2D eigenvalue weighted by Gasteiger charge is -2.25.